The maximum Gasteiger partial charge on any atom is 0.104 e. The first kappa shape index (κ1) is 18.8. The average molecular weight is 280 g/mol. The van der Waals surface area contributed by atoms with E-state index in [2.05, 4.69) is 0 Å². The van der Waals surface area contributed by atoms with Gasteiger partial charge in [0, 0.05) is 46.8 Å². The van der Waals surface area contributed by atoms with E-state index in [0.717, 1.165) is 6.42 Å². The molecule has 0 fully saturated rings. The monoisotopic (exact) mass is 280 g/mol. The Hall–Kier alpha value is -0.240. The molecule has 0 saturated heterocycles. The zero-order valence-electron chi connectivity index (χ0n) is 11.9. The number of aliphatic hydroxyl groups excluding tert-OH is 2. The maximum atomic E-state index is 8.71. The molecular formula is C13H28O6. The molecule has 0 bridgehead atoms. The van der Waals surface area contributed by atoms with Crippen LogP contribution in [0.15, 0.2) is 0 Å². The third-order valence-corrected chi connectivity index (χ3v) is 2.35. The van der Waals surface area contributed by atoms with Gasteiger partial charge in [0.05, 0.1) is 13.2 Å². The van der Waals surface area contributed by atoms with Crippen LogP contribution in [-0.4, -0.2) is 76.3 Å². The number of hydrogen-bond donors (Lipinski definition) is 2. The summed E-state index contributed by atoms with van der Waals surface area (Å²) in [6.45, 7) is 3.47. The van der Waals surface area contributed by atoms with Gasteiger partial charge in [0.25, 0.3) is 0 Å². The van der Waals surface area contributed by atoms with Crippen LogP contribution in [0.3, 0.4) is 0 Å². The van der Waals surface area contributed by atoms with Crippen LogP contribution < -0.4 is 0 Å². The molecule has 0 saturated carbocycles. The van der Waals surface area contributed by atoms with Crippen molar-refractivity contribution in [2.24, 2.45) is 0 Å². The molecule has 2 N–H and O–H groups in total. The first-order valence-corrected chi connectivity index (χ1v) is 6.82. The Bertz CT molecular complexity index is 167. The predicted octanol–water partition coefficient (Wildman–Crippen LogP) is 0.206. The number of aliphatic hydroxyl groups is 2. The van der Waals surface area contributed by atoms with E-state index in [0.29, 0.717) is 52.5 Å². The predicted molar refractivity (Wildman–Crippen MR) is 71.3 cm³/mol. The second-order valence-corrected chi connectivity index (χ2v) is 4.14. The van der Waals surface area contributed by atoms with E-state index in [4.69, 9.17) is 29.2 Å². The molecule has 0 radical (unpaired) electrons. The SMILES string of the molecule is COCCCOCC(COCCCO)OCCCO. The van der Waals surface area contributed by atoms with Crippen molar-refractivity contribution in [2.75, 3.05) is 60.0 Å². The molecule has 0 aliphatic heterocycles. The fraction of sp³-hybridized carbons (Fsp3) is 1.00. The lowest BCUT2D eigenvalue weighted by atomic mass is 10.4. The van der Waals surface area contributed by atoms with Crippen LogP contribution in [0.1, 0.15) is 19.3 Å². The Kier molecular flexibility index (Phi) is 15.6. The number of hydrogen-bond acceptors (Lipinski definition) is 6. The highest BCUT2D eigenvalue weighted by molar-refractivity contribution is 4.56. The van der Waals surface area contributed by atoms with E-state index in [-0.39, 0.29) is 19.3 Å². The van der Waals surface area contributed by atoms with Gasteiger partial charge in [0.2, 0.25) is 0 Å². The Labute approximate surface area is 115 Å². The lowest BCUT2D eigenvalue weighted by molar-refractivity contribution is -0.0648. The van der Waals surface area contributed by atoms with Crippen molar-refractivity contribution in [1.29, 1.82) is 0 Å². The van der Waals surface area contributed by atoms with Gasteiger partial charge >= 0.3 is 0 Å². The Morgan fingerprint density at radius 1 is 0.789 bits per heavy atom. The number of ether oxygens (including phenoxy) is 4. The third-order valence-electron chi connectivity index (χ3n) is 2.35. The summed E-state index contributed by atoms with van der Waals surface area (Å²) in [6.07, 6.45) is 1.95. The van der Waals surface area contributed by atoms with Crippen LogP contribution >= 0.6 is 0 Å². The van der Waals surface area contributed by atoms with Crippen molar-refractivity contribution in [1.82, 2.24) is 0 Å². The molecule has 1 atom stereocenters. The summed E-state index contributed by atoms with van der Waals surface area (Å²) < 4.78 is 21.4. The molecule has 6 nitrogen and oxygen atoms in total. The van der Waals surface area contributed by atoms with Crippen LogP contribution in [0.5, 0.6) is 0 Å². The Balaban J connectivity index is 3.63. The second-order valence-electron chi connectivity index (χ2n) is 4.14. The Morgan fingerprint density at radius 3 is 1.95 bits per heavy atom. The molecule has 19 heavy (non-hydrogen) atoms. The highest BCUT2D eigenvalue weighted by Crippen LogP contribution is 1.98. The molecule has 0 heterocycles. The fourth-order valence-corrected chi connectivity index (χ4v) is 1.36. The van der Waals surface area contributed by atoms with E-state index in [1.54, 1.807) is 7.11 Å². The summed E-state index contributed by atoms with van der Waals surface area (Å²) in [7, 11) is 1.66. The van der Waals surface area contributed by atoms with Gasteiger partial charge in [-0.3, -0.25) is 0 Å². The standard InChI is InChI=1S/C13H28O6/c1-16-7-4-9-18-12-13(19-10-3-6-15)11-17-8-2-5-14/h13-15H,2-12H2,1H3. The third kappa shape index (κ3) is 14.0. The van der Waals surface area contributed by atoms with Gasteiger partial charge in [-0.05, 0) is 19.3 Å². The molecule has 6 heteroatoms. The molecule has 0 aromatic rings. The summed E-state index contributed by atoms with van der Waals surface area (Å²) in [4.78, 5) is 0. The molecule has 0 rings (SSSR count). The average Bonchev–Trinajstić information content (AvgIpc) is 2.42. The van der Waals surface area contributed by atoms with Gasteiger partial charge in [-0.2, -0.15) is 0 Å². The van der Waals surface area contributed by atoms with Crippen molar-refractivity contribution in [3.63, 3.8) is 0 Å². The van der Waals surface area contributed by atoms with E-state index < -0.39 is 0 Å². The van der Waals surface area contributed by atoms with E-state index in [1.165, 1.54) is 0 Å². The van der Waals surface area contributed by atoms with E-state index >= 15 is 0 Å². The minimum Gasteiger partial charge on any atom is -0.396 e. The van der Waals surface area contributed by atoms with Gasteiger partial charge < -0.3 is 29.2 Å². The molecule has 0 aromatic carbocycles. The van der Waals surface area contributed by atoms with Crippen LogP contribution in [0.25, 0.3) is 0 Å². The molecule has 0 aliphatic carbocycles. The zero-order chi connectivity index (χ0) is 14.2. The molecule has 0 aromatic heterocycles. The molecular weight excluding hydrogens is 252 g/mol. The number of rotatable bonds is 15. The van der Waals surface area contributed by atoms with Gasteiger partial charge in [-0.1, -0.05) is 0 Å². The van der Waals surface area contributed by atoms with Crippen molar-refractivity contribution in [3.8, 4) is 0 Å². The lowest BCUT2D eigenvalue weighted by Crippen LogP contribution is -2.27. The highest BCUT2D eigenvalue weighted by Gasteiger charge is 2.09. The van der Waals surface area contributed by atoms with E-state index in [1.807, 2.05) is 0 Å². The first-order valence-electron chi connectivity index (χ1n) is 6.82. The van der Waals surface area contributed by atoms with Crippen molar-refractivity contribution < 1.29 is 29.2 Å². The normalized spacial score (nSPS) is 12.8. The largest absolute Gasteiger partial charge is 0.396 e. The quantitative estimate of drug-likeness (QED) is 0.417. The summed E-state index contributed by atoms with van der Waals surface area (Å²) in [5.41, 5.74) is 0. The first-order chi connectivity index (χ1) is 9.35. The fourth-order valence-electron chi connectivity index (χ4n) is 1.36. The molecule has 116 valence electrons. The molecule has 0 spiro atoms. The van der Waals surface area contributed by atoms with Crippen LogP contribution in [0.2, 0.25) is 0 Å². The maximum absolute atomic E-state index is 8.71. The summed E-state index contributed by atoms with van der Waals surface area (Å²) in [6, 6.07) is 0. The second kappa shape index (κ2) is 15.8. The van der Waals surface area contributed by atoms with Crippen LogP contribution in [0.4, 0.5) is 0 Å². The van der Waals surface area contributed by atoms with E-state index in [9.17, 15) is 0 Å². The van der Waals surface area contributed by atoms with Crippen LogP contribution in [0, 0.1) is 0 Å². The van der Waals surface area contributed by atoms with Crippen molar-refractivity contribution >= 4 is 0 Å². The smallest absolute Gasteiger partial charge is 0.104 e. The van der Waals surface area contributed by atoms with Crippen LogP contribution in [-0.2, 0) is 18.9 Å². The highest BCUT2D eigenvalue weighted by atomic mass is 16.6. The van der Waals surface area contributed by atoms with Crippen molar-refractivity contribution in [3.05, 3.63) is 0 Å². The topological polar surface area (TPSA) is 77.4 Å². The minimum absolute atomic E-state index is 0.118. The molecule has 0 aliphatic rings. The molecule has 0 amide bonds. The summed E-state index contributed by atoms with van der Waals surface area (Å²) >= 11 is 0. The van der Waals surface area contributed by atoms with Gasteiger partial charge in [0.1, 0.15) is 6.10 Å². The van der Waals surface area contributed by atoms with Crippen molar-refractivity contribution in [2.45, 2.75) is 25.4 Å². The van der Waals surface area contributed by atoms with Gasteiger partial charge in [-0.15, -0.1) is 0 Å². The minimum atomic E-state index is -0.132. The summed E-state index contributed by atoms with van der Waals surface area (Å²) in [5.74, 6) is 0. The van der Waals surface area contributed by atoms with Gasteiger partial charge in [-0.25, -0.2) is 0 Å². The lowest BCUT2D eigenvalue weighted by Gasteiger charge is -2.18. The summed E-state index contributed by atoms with van der Waals surface area (Å²) in [5, 5.41) is 17.4. The number of methoxy groups -OCH3 is 1. The van der Waals surface area contributed by atoms with Gasteiger partial charge in [0.15, 0.2) is 0 Å². The molecule has 1 unspecified atom stereocenters. The Morgan fingerprint density at radius 2 is 1.37 bits per heavy atom. The zero-order valence-corrected chi connectivity index (χ0v) is 11.9.